The van der Waals surface area contributed by atoms with E-state index in [1.165, 1.54) is 6.92 Å². The lowest BCUT2D eigenvalue weighted by Gasteiger charge is -2.47. The first-order chi connectivity index (χ1) is 22.0. The van der Waals surface area contributed by atoms with Gasteiger partial charge in [-0.05, 0) is 6.92 Å². The molecule has 22 nitrogen and oxygen atoms in total. The van der Waals surface area contributed by atoms with E-state index in [0.29, 0.717) is 0 Å². The minimum atomic E-state index is -2.08. The summed E-state index contributed by atoms with van der Waals surface area (Å²) in [6, 6.07) is 0. The molecule has 13 N–H and O–H groups in total. The molecule has 4 fully saturated rings. The zero-order valence-electron chi connectivity index (χ0n) is 24.4. The van der Waals surface area contributed by atoms with Crippen LogP contribution in [0.3, 0.4) is 0 Å². The second kappa shape index (κ2) is 15.4. The van der Waals surface area contributed by atoms with Crippen molar-refractivity contribution in [3.8, 4) is 0 Å². The van der Waals surface area contributed by atoms with Crippen LogP contribution >= 0.6 is 0 Å². The molecular formula is C25H40O22. The topological polar surface area (TPSA) is 362 Å². The van der Waals surface area contributed by atoms with E-state index in [2.05, 4.69) is 0 Å². The summed E-state index contributed by atoms with van der Waals surface area (Å²) < 4.78 is 37.4. The van der Waals surface area contributed by atoms with Gasteiger partial charge in [0.1, 0.15) is 85.5 Å². The fraction of sp³-hybridized carbons (Fsp3) is 0.920. The summed E-state index contributed by atoms with van der Waals surface area (Å²) in [5.41, 5.74) is 0. The highest BCUT2D eigenvalue weighted by molar-refractivity contribution is 5.73. The first-order valence-electron chi connectivity index (χ1n) is 14.4. The predicted octanol–water partition coefficient (Wildman–Crippen LogP) is -8.49. The molecule has 4 saturated heterocycles. The van der Waals surface area contributed by atoms with Crippen LogP contribution in [-0.4, -0.2) is 214 Å². The predicted molar refractivity (Wildman–Crippen MR) is 138 cm³/mol. The molecule has 4 rings (SSSR count). The minimum Gasteiger partial charge on any atom is -0.479 e. The third kappa shape index (κ3) is 7.69. The Morgan fingerprint density at radius 3 is 1.43 bits per heavy atom. The van der Waals surface area contributed by atoms with Crippen molar-refractivity contribution in [1.29, 1.82) is 0 Å². The molecule has 0 aromatic rings. The zero-order chi connectivity index (χ0) is 35.1. The maximum atomic E-state index is 11.4. The van der Waals surface area contributed by atoms with Gasteiger partial charge in [0.25, 0.3) is 0 Å². The van der Waals surface area contributed by atoms with Gasteiger partial charge in [-0.25, -0.2) is 9.59 Å². The lowest BCUT2D eigenvalue weighted by molar-refractivity contribution is -0.362. The zero-order valence-corrected chi connectivity index (χ0v) is 24.4. The molecule has 0 spiro atoms. The summed E-state index contributed by atoms with van der Waals surface area (Å²) in [6.07, 6.45) is -37.1. The molecule has 4 heterocycles. The van der Waals surface area contributed by atoms with Crippen LogP contribution in [0.1, 0.15) is 6.92 Å². The summed E-state index contributed by atoms with van der Waals surface area (Å²) in [4.78, 5) is 22.9. The van der Waals surface area contributed by atoms with Crippen molar-refractivity contribution in [1.82, 2.24) is 0 Å². The lowest BCUT2D eigenvalue weighted by atomic mass is 9.94. The maximum absolute atomic E-state index is 11.4. The van der Waals surface area contributed by atoms with Crippen molar-refractivity contribution in [2.24, 2.45) is 0 Å². The van der Waals surface area contributed by atoms with Crippen LogP contribution < -0.4 is 0 Å². The molecule has 0 aromatic heterocycles. The highest BCUT2D eigenvalue weighted by Gasteiger charge is 2.54. The largest absolute Gasteiger partial charge is 0.479 e. The molecule has 20 unspecified atom stereocenters. The van der Waals surface area contributed by atoms with Crippen LogP contribution in [-0.2, 0) is 42.7 Å². The number of ether oxygens (including phenoxy) is 7. The Kier molecular flexibility index (Phi) is 12.5. The fourth-order valence-electron chi connectivity index (χ4n) is 5.60. The highest BCUT2D eigenvalue weighted by atomic mass is 16.7. The number of aliphatic hydroxyl groups is 11. The van der Waals surface area contributed by atoms with Gasteiger partial charge in [0.2, 0.25) is 0 Å². The van der Waals surface area contributed by atoms with E-state index >= 15 is 0 Å². The minimum absolute atomic E-state index is 0.678. The van der Waals surface area contributed by atoms with Crippen LogP contribution in [0.5, 0.6) is 0 Å². The van der Waals surface area contributed by atoms with E-state index in [1.807, 2.05) is 0 Å². The number of carboxylic acids is 2. The van der Waals surface area contributed by atoms with Gasteiger partial charge < -0.3 is 99.5 Å². The van der Waals surface area contributed by atoms with Crippen molar-refractivity contribution in [3.63, 3.8) is 0 Å². The SMILES string of the molecule is CC1OC(COC2OC(CO)C(O)C(OC3OC(C(=O)O)C(O)C(O)C3O)C2O)C(O)C(OC2OC(C(=O)O)C(O)C(O)C2O)C1O. The van der Waals surface area contributed by atoms with Crippen molar-refractivity contribution in [2.75, 3.05) is 13.2 Å². The van der Waals surface area contributed by atoms with Gasteiger partial charge in [0.15, 0.2) is 31.1 Å². The monoisotopic (exact) mass is 692 g/mol. The molecule has 20 atom stereocenters. The summed E-state index contributed by atoms with van der Waals surface area (Å²) in [7, 11) is 0. The van der Waals surface area contributed by atoms with Crippen LogP contribution in [0.2, 0.25) is 0 Å². The number of aliphatic hydroxyl groups excluding tert-OH is 11. The normalized spacial score (nSPS) is 51.0. The van der Waals surface area contributed by atoms with Crippen molar-refractivity contribution < 1.29 is 109 Å². The van der Waals surface area contributed by atoms with E-state index in [4.69, 9.17) is 33.2 Å². The Balaban J connectivity index is 1.45. The second-order valence-electron chi connectivity index (χ2n) is 11.6. The third-order valence-electron chi connectivity index (χ3n) is 8.38. The molecule has 4 aliphatic rings. The standard InChI is InChI=1S/C25H40O22/c1-4-7(27)17(44-24-14(34)10(30)12(32)19(46-24)21(37)38)9(29)6(42-4)3-41-23-16(36)18(8(28)5(2-26)43-23)45-25-15(35)11(31)13(33)20(47-25)22(39)40/h4-20,23-36H,2-3H2,1H3,(H,37,38)(H,39,40). The smallest absolute Gasteiger partial charge is 0.335 e. The lowest BCUT2D eigenvalue weighted by Crippen LogP contribution is -2.66. The Labute approximate surface area is 264 Å². The van der Waals surface area contributed by atoms with E-state index < -0.39 is 148 Å². The molecule has 4 aliphatic heterocycles. The van der Waals surface area contributed by atoms with Gasteiger partial charge in [0.05, 0.1) is 19.3 Å². The summed E-state index contributed by atoms with van der Waals surface area (Å²) in [5, 5.41) is 132. The number of aliphatic carboxylic acids is 2. The number of rotatable bonds is 10. The van der Waals surface area contributed by atoms with Gasteiger partial charge in [-0.1, -0.05) is 0 Å². The average Bonchev–Trinajstić information content (AvgIpc) is 3.02. The van der Waals surface area contributed by atoms with Crippen LogP contribution in [0, 0.1) is 0 Å². The summed E-state index contributed by atoms with van der Waals surface area (Å²) in [6.45, 7) is -0.220. The molecular weight excluding hydrogens is 652 g/mol. The van der Waals surface area contributed by atoms with Crippen molar-refractivity contribution in [3.05, 3.63) is 0 Å². The second-order valence-corrected chi connectivity index (χ2v) is 11.6. The molecule has 272 valence electrons. The number of hydrogen-bond donors (Lipinski definition) is 13. The maximum Gasteiger partial charge on any atom is 0.335 e. The van der Waals surface area contributed by atoms with E-state index in [0.717, 1.165) is 0 Å². The summed E-state index contributed by atoms with van der Waals surface area (Å²) in [5.74, 6) is -3.43. The highest BCUT2D eigenvalue weighted by Crippen LogP contribution is 2.32. The van der Waals surface area contributed by atoms with E-state index in [-0.39, 0.29) is 0 Å². The number of carboxylic acid groups (broad SMARTS) is 2. The molecule has 0 aromatic carbocycles. The van der Waals surface area contributed by atoms with Gasteiger partial charge in [-0.2, -0.15) is 0 Å². The Bertz CT molecular complexity index is 1070. The number of hydrogen-bond acceptors (Lipinski definition) is 20. The first-order valence-corrected chi connectivity index (χ1v) is 14.4. The van der Waals surface area contributed by atoms with Gasteiger partial charge in [-0.3, -0.25) is 0 Å². The third-order valence-corrected chi connectivity index (χ3v) is 8.38. The van der Waals surface area contributed by atoms with E-state index in [9.17, 15) is 76.0 Å². The Hall–Kier alpha value is -1.78. The number of carbonyl (C=O) groups is 2. The average molecular weight is 693 g/mol. The quantitative estimate of drug-likeness (QED) is 0.101. The Morgan fingerprint density at radius 2 is 0.979 bits per heavy atom. The molecule has 0 saturated carbocycles. The van der Waals surface area contributed by atoms with Crippen LogP contribution in [0.25, 0.3) is 0 Å². The first kappa shape index (κ1) is 38.0. The Morgan fingerprint density at radius 1 is 0.532 bits per heavy atom. The van der Waals surface area contributed by atoms with Gasteiger partial charge >= 0.3 is 11.9 Å². The van der Waals surface area contributed by atoms with Gasteiger partial charge in [0, 0.05) is 0 Å². The van der Waals surface area contributed by atoms with Crippen molar-refractivity contribution in [2.45, 2.75) is 130 Å². The molecule has 0 amide bonds. The van der Waals surface area contributed by atoms with E-state index in [1.54, 1.807) is 0 Å². The molecule has 0 radical (unpaired) electrons. The molecule has 22 heteroatoms. The van der Waals surface area contributed by atoms with Gasteiger partial charge in [-0.15, -0.1) is 0 Å². The van der Waals surface area contributed by atoms with Crippen LogP contribution in [0.4, 0.5) is 0 Å². The molecule has 47 heavy (non-hydrogen) atoms. The molecule has 0 aliphatic carbocycles. The van der Waals surface area contributed by atoms with Crippen molar-refractivity contribution >= 4 is 11.9 Å². The summed E-state index contributed by atoms with van der Waals surface area (Å²) >= 11 is 0. The van der Waals surface area contributed by atoms with Crippen LogP contribution in [0.15, 0.2) is 0 Å². The fourth-order valence-corrected chi connectivity index (χ4v) is 5.60. The molecule has 0 bridgehead atoms.